The van der Waals surface area contributed by atoms with Gasteiger partial charge in [-0.3, -0.25) is 4.57 Å². The molecule has 0 saturated heterocycles. The number of aromatic nitrogens is 3. The fourth-order valence-electron chi connectivity index (χ4n) is 2.33. The van der Waals surface area contributed by atoms with Crippen LogP contribution in [0.5, 0.6) is 0 Å². The highest BCUT2D eigenvalue weighted by Gasteiger charge is 2.18. The van der Waals surface area contributed by atoms with Crippen LogP contribution in [0.3, 0.4) is 0 Å². The molecular weight excluding hydrogens is 312 g/mol. The van der Waals surface area contributed by atoms with E-state index in [1.807, 2.05) is 19.9 Å². The summed E-state index contributed by atoms with van der Waals surface area (Å²) in [5.74, 6) is 0.292. The molecule has 1 atom stereocenters. The Bertz CT molecular complexity index is 807. The van der Waals surface area contributed by atoms with Gasteiger partial charge in [-0.15, -0.1) is 11.6 Å². The van der Waals surface area contributed by atoms with Gasteiger partial charge in [0.2, 0.25) is 0 Å². The Morgan fingerprint density at radius 1 is 1.24 bits per heavy atom. The van der Waals surface area contributed by atoms with E-state index in [-0.39, 0.29) is 11.2 Å². The number of imidazole rings is 1. The monoisotopic (exact) mass is 323 g/mol. The van der Waals surface area contributed by atoms with Gasteiger partial charge < -0.3 is 0 Å². The molecule has 108 valence electrons. The third-order valence-electron chi connectivity index (χ3n) is 3.13. The summed E-state index contributed by atoms with van der Waals surface area (Å²) in [7, 11) is 0. The number of hydrogen-bond acceptors (Lipinski definition) is 2. The van der Waals surface area contributed by atoms with Crippen LogP contribution in [0, 0.1) is 12.7 Å². The summed E-state index contributed by atoms with van der Waals surface area (Å²) in [6, 6.07) is 6.49. The van der Waals surface area contributed by atoms with Crippen molar-refractivity contribution in [3.8, 4) is 5.69 Å². The second-order valence-electron chi connectivity index (χ2n) is 4.90. The Kier molecular flexibility index (Phi) is 3.59. The number of pyridine rings is 1. The van der Waals surface area contributed by atoms with Gasteiger partial charge >= 0.3 is 0 Å². The van der Waals surface area contributed by atoms with Crippen LogP contribution in [0.25, 0.3) is 16.9 Å². The van der Waals surface area contributed by atoms with E-state index in [0.29, 0.717) is 27.7 Å². The van der Waals surface area contributed by atoms with Gasteiger partial charge in [0.1, 0.15) is 17.2 Å². The smallest absolute Gasteiger partial charge is 0.164 e. The van der Waals surface area contributed by atoms with Crippen molar-refractivity contribution in [2.24, 2.45) is 0 Å². The molecule has 1 aromatic carbocycles. The number of halogens is 3. The fraction of sp³-hybridized carbons (Fsp3) is 0.200. The third-order valence-corrected chi connectivity index (χ3v) is 3.53. The summed E-state index contributed by atoms with van der Waals surface area (Å²) in [5.41, 5.74) is 2.69. The predicted octanol–water partition coefficient (Wildman–Crippen LogP) is 4.82. The van der Waals surface area contributed by atoms with Crippen LogP contribution < -0.4 is 0 Å². The number of fused-ring (bicyclic) bond motifs is 1. The Hall–Kier alpha value is -1.65. The fourth-order valence-corrected chi connectivity index (χ4v) is 2.62. The molecule has 0 bridgehead atoms. The molecule has 3 rings (SSSR count). The molecule has 0 aliphatic carbocycles. The lowest BCUT2D eigenvalue weighted by atomic mass is 10.2. The maximum atomic E-state index is 13.7. The van der Waals surface area contributed by atoms with Crippen molar-refractivity contribution in [1.29, 1.82) is 0 Å². The summed E-state index contributed by atoms with van der Waals surface area (Å²) < 4.78 is 15.5. The van der Waals surface area contributed by atoms with Crippen LogP contribution in [0.1, 0.15) is 23.7 Å². The van der Waals surface area contributed by atoms with E-state index in [2.05, 4.69) is 9.97 Å². The Balaban J connectivity index is 2.36. The van der Waals surface area contributed by atoms with Crippen molar-refractivity contribution in [3.05, 3.63) is 52.7 Å². The van der Waals surface area contributed by atoms with Gasteiger partial charge in [-0.2, -0.15) is 0 Å². The largest absolute Gasteiger partial charge is 0.279 e. The molecule has 0 aliphatic rings. The quantitative estimate of drug-likeness (QED) is 0.633. The van der Waals surface area contributed by atoms with Crippen molar-refractivity contribution in [1.82, 2.24) is 14.5 Å². The topological polar surface area (TPSA) is 30.7 Å². The molecule has 2 aromatic heterocycles. The maximum absolute atomic E-state index is 13.7. The molecule has 21 heavy (non-hydrogen) atoms. The zero-order valence-electron chi connectivity index (χ0n) is 11.4. The van der Waals surface area contributed by atoms with E-state index in [1.165, 1.54) is 18.3 Å². The van der Waals surface area contributed by atoms with Gasteiger partial charge in [-0.1, -0.05) is 11.6 Å². The van der Waals surface area contributed by atoms with Crippen LogP contribution in [-0.2, 0) is 0 Å². The highest BCUT2D eigenvalue weighted by Crippen LogP contribution is 2.28. The summed E-state index contributed by atoms with van der Waals surface area (Å²) >= 11 is 12.2. The van der Waals surface area contributed by atoms with Crippen LogP contribution >= 0.6 is 23.2 Å². The minimum Gasteiger partial charge on any atom is -0.279 e. The van der Waals surface area contributed by atoms with Gasteiger partial charge in [-0.05, 0) is 43.7 Å². The average molecular weight is 324 g/mol. The summed E-state index contributed by atoms with van der Waals surface area (Å²) in [6.45, 7) is 3.65. The van der Waals surface area contributed by atoms with Gasteiger partial charge in [0, 0.05) is 6.20 Å². The second kappa shape index (κ2) is 5.28. The first-order valence-corrected chi connectivity index (χ1v) is 7.22. The van der Waals surface area contributed by atoms with Gasteiger partial charge in [0.15, 0.2) is 5.65 Å². The lowest BCUT2D eigenvalue weighted by molar-refractivity contribution is 0.625. The van der Waals surface area contributed by atoms with E-state index in [4.69, 9.17) is 23.2 Å². The molecule has 0 fully saturated rings. The van der Waals surface area contributed by atoms with Gasteiger partial charge in [-0.25, -0.2) is 14.4 Å². The van der Waals surface area contributed by atoms with Gasteiger partial charge in [0.25, 0.3) is 0 Å². The maximum Gasteiger partial charge on any atom is 0.164 e. The third kappa shape index (κ3) is 2.61. The lowest BCUT2D eigenvalue weighted by Crippen LogP contribution is -2.03. The lowest BCUT2D eigenvalue weighted by Gasteiger charge is -2.11. The molecular formula is C15H12Cl2FN3. The summed E-state index contributed by atoms with van der Waals surface area (Å²) in [6.07, 6.45) is 1.54. The summed E-state index contributed by atoms with van der Waals surface area (Å²) in [4.78, 5) is 8.78. The molecule has 2 heterocycles. The minimum absolute atomic E-state index is 0.311. The molecule has 0 saturated carbocycles. The zero-order chi connectivity index (χ0) is 15.1. The normalized spacial score (nSPS) is 12.8. The zero-order valence-corrected chi connectivity index (χ0v) is 13.0. The van der Waals surface area contributed by atoms with Crippen LogP contribution in [0.4, 0.5) is 4.39 Å². The number of aryl methyl sites for hydroxylation is 1. The molecule has 6 heteroatoms. The number of nitrogens with zero attached hydrogens (tertiary/aromatic N) is 3. The first-order chi connectivity index (χ1) is 9.95. The van der Waals surface area contributed by atoms with Crippen LogP contribution in [0.2, 0.25) is 5.02 Å². The van der Waals surface area contributed by atoms with E-state index in [9.17, 15) is 4.39 Å². The van der Waals surface area contributed by atoms with Crippen LogP contribution in [0.15, 0.2) is 30.5 Å². The van der Waals surface area contributed by atoms with Crippen molar-refractivity contribution in [2.45, 2.75) is 19.2 Å². The molecule has 0 amide bonds. The number of benzene rings is 1. The number of alkyl halides is 1. The van der Waals surface area contributed by atoms with E-state index in [0.717, 1.165) is 5.56 Å². The molecule has 0 N–H and O–H groups in total. The minimum atomic E-state index is -0.346. The molecule has 0 radical (unpaired) electrons. The van der Waals surface area contributed by atoms with Crippen molar-refractivity contribution < 1.29 is 4.39 Å². The number of rotatable bonds is 2. The van der Waals surface area contributed by atoms with E-state index >= 15 is 0 Å². The molecule has 3 nitrogen and oxygen atoms in total. The molecule has 0 aliphatic heterocycles. The molecule has 3 aromatic rings. The van der Waals surface area contributed by atoms with Crippen LogP contribution in [-0.4, -0.2) is 14.5 Å². The first kappa shape index (κ1) is 14.3. The molecule has 0 spiro atoms. The van der Waals surface area contributed by atoms with Crippen molar-refractivity contribution in [3.63, 3.8) is 0 Å². The standard InChI is InChI=1S/C15H12Cl2FN3/c1-8-3-11(18)6-12(4-8)21-14(9(2)16)20-13-5-10(17)7-19-15(13)21/h3-7,9H,1-2H3. The van der Waals surface area contributed by atoms with E-state index < -0.39 is 0 Å². The highest BCUT2D eigenvalue weighted by molar-refractivity contribution is 6.31. The highest BCUT2D eigenvalue weighted by atomic mass is 35.5. The number of hydrogen-bond donors (Lipinski definition) is 0. The predicted molar refractivity (Wildman–Crippen MR) is 82.8 cm³/mol. The van der Waals surface area contributed by atoms with Gasteiger partial charge in [0.05, 0.1) is 16.1 Å². The molecule has 1 unspecified atom stereocenters. The Morgan fingerprint density at radius 3 is 2.67 bits per heavy atom. The first-order valence-electron chi connectivity index (χ1n) is 6.41. The second-order valence-corrected chi connectivity index (χ2v) is 6.00. The Labute approximate surface area is 131 Å². The SMILES string of the molecule is Cc1cc(F)cc(-n2c(C(C)Cl)nc3cc(Cl)cnc32)c1. The Morgan fingerprint density at radius 2 is 2.00 bits per heavy atom. The van der Waals surface area contributed by atoms with Crippen molar-refractivity contribution >= 4 is 34.4 Å². The summed E-state index contributed by atoms with van der Waals surface area (Å²) in [5, 5.41) is 0.151. The van der Waals surface area contributed by atoms with E-state index in [1.54, 1.807) is 10.6 Å². The average Bonchev–Trinajstić information content (AvgIpc) is 2.76. The van der Waals surface area contributed by atoms with Crippen molar-refractivity contribution in [2.75, 3.05) is 0 Å².